The number of esters is 1. The van der Waals surface area contributed by atoms with Gasteiger partial charge in [0.1, 0.15) is 12.4 Å². The summed E-state index contributed by atoms with van der Waals surface area (Å²) in [6, 6.07) is -0.0280. The lowest BCUT2D eigenvalue weighted by molar-refractivity contribution is -0.148. The van der Waals surface area contributed by atoms with Gasteiger partial charge < -0.3 is 25.3 Å². The number of amides is 2. The summed E-state index contributed by atoms with van der Waals surface area (Å²) in [6.45, 7) is -1.53. The number of carbonyl (C=O) groups is 3. The van der Waals surface area contributed by atoms with Gasteiger partial charge in [0.15, 0.2) is 17.3 Å². The van der Waals surface area contributed by atoms with E-state index in [0.29, 0.717) is 12.1 Å². The number of alkyl halides is 3. The number of ether oxygens (including phenoxy) is 1. The molecule has 0 fully saturated rings. The third kappa shape index (κ3) is 6.91. The molecule has 3 N–H and O–H groups in total. The monoisotopic (exact) mass is 557 g/mol. The third-order valence-electron chi connectivity index (χ3n) is 5.46. The zero-order valence-corrected chi connectivity index (χ0v) is 20.0. The molecule has 16 heteroatoms. The predicted molar refractivity (Wildman–Crippen MR) is 117 cm³/mol. The molecule has 0 bridgehead atoms. The Labute approximate surface area is 212 Å². The van der Waals surface area contributed by atoms with E-state index in [1.807, 2.05) is 0 Å². The number of nitrogens with two attached hydrogens (primary N) is 1. The molecule has 1 atom stereocenters. The van der Waals surface area contributed by atoms with Crippen LogP contribution in [0.1, 0.15) is 34.0 Å². The van der Waals surface area contributed by atoms with Gasteiger partial charge in [-0.3, -0.25) is 14.4 Å². The predicted octanol–water partition coefficient (Wildman–Crippen LogP) is 1.95. The van der Waals surface area contributed by atoms with E-state index in [1.165, 1.54) is 0 Å². The standard InChI is InChI=1S/C21H21F6N5O4.ClH/c1-36-17(34)8-29-19(35)18-15-9-31(2-3-32(15)20(30-18)21(25,26)27)16(33)6-11(28)4-10-5-13(23)14(24)7-12(10)22;/h5,7,11H,2-4,6,8-9,28H2,1H3,(H,29,35);1H/t11-;/m1./s1. The number of aromatic nitrogens is 2. The molecule has 204 valence electrons. The minimum atomic E-state index is -4.89. The minimum Gasteiger partial charge on any atom is -0.468 e. The number of methoxy groups -OCH3 is 1. The van der Waals surface area contributed by atoms with Gasteiger partial charge in [-0.05, 0) is 18.1 Å². The lowest BCUT2D eigenvalue weighted by Crippen LogP contribution is -2.42. The van der Waals surface area contributed by atoms with Crippen LogP contribution in [0, 0.1) is 17.5 Å². The normalized spacial score (nSPS) is 13.9. The number of benzene rings is 1. The van der Waals surface area contributed by atoms with Gasteiger partial charge in [0, 0.05) is 31.6 Å². The van der Waals surface area contributed by atoms with E-state index in [1.54, 1.807) is 0 Å². The maximum absolute atomic E-state index is 13.9. The summed E-state index contributed by atoms with van der Waals surface area (Å²) in [7, 11) is 1.06. The van der Waals surface area contributed by atoms with E-state index in [-0.39, 0.29) is 49.6 Å². The van der Waals surface area contributed by atoms with Crippen LogP contribution >= 0.6 is 12.4 Å². The van der Waals surface area contributed by atoms with E-state index >= 15 is 0 Å². The van der Waals surface area contributed by atoms with Crippen LogP contribution in [0.5, 0.6) is 0 Å². The number of carbonyl (C=O) groups excluding carboxylic acids is 3. The van der Waals surface area contributed by atoms with Crippen molar-refractivity contribution in [2.75, 3.05) is 20.2 Å². The molecule has 0 unspecified atom stereocenters. The summed E-state index contributed by atoms with van der Waals surface area (Å²) in [5.41, 5.74) is 4.82. The Kier molecular flexibility index (Phi) is 9.54. The van der Waals surface area contributed by atoms with Crippen molar-refractivity contribution in [3.8, 4) is 0 Å². The highest BCUT2D eigenvalue weighted by Gasteiger charge is 2.41. The molecule has 1 aliphatic heterocycles. The highest BCUT2D eigenvalue weighted by atomic mass is 35.5. The summed E-state index contributed by atoms with van der Waals surface area (Å²) < 4.78 is 86.0. The molecule has 37 heavy (non-hydrogen) atoms. The number of nitrogens with zero attached hydrogens (tertiary/aromatic N) is 3. The summed E-state index contributed by atoms with van der Waals surface area (Å²) in [5, 5.41) is 2.11. The maximum Gasteiger partial charge on any atom is 0.449 e. The van der Waals surface area contributed by atoms with Crippen LogP contribution in [0.3, 0.4) is 0 Å². The number of hydrogen-bond donors (Lipinski definition) is 2. The van der Waals surface area contributed by atoms with E-state index < -0.39 is 72.1 Å². The summed E-state index contributed by atoms with van der Waals surface area (Å²) in [6.07, 6.45) is -5.58. The minimum absolute atomic E-state index is 0. The van der Waals surface area contributed by atoms with Crippen LogP contribution in [0.4, 0.5) is 26.3 Å². The van der Waals surface area contributed by atoms with Gasteiger partial charge in [-0.1, -0.05) is 0 Å². The molecule has 1 aliphatic rings. The number of fused-ring (bicyclic) bond motifs is 1. The van der Waals surface area contributed by atoms with Crippen molar-refractivity contribution in [2.24, 2.45) is 5.73 Å². The summed E-state index contributed by atoms with van der Waals surface area (Å²) in [4.78, 5) is 41.0. The van der Waals surface area contributed by atoms with E-state index in [9.17, 15) is 40.7 Å². The zero-order valence-electron chi connectivity index (χ0n) is 19.2. The Hall–Kier alpha value is -3.33. The highest BCUT2D eigenvalue weighted by molar-refractivity contribution is 5.95. The average Bonchev–Trinajstić information content (AvgIpc) is 3.20. The zero-order chi connectivity index (χ0) is 26.8. The topological polar surface area (TPSA) is 120 Å². The first kappa shape index (κ1) is 29.9. The van der Waals surface area contributed by atoms with Crippen LogP contribution in [0.15, 0.2) is 12.1 Å². The average molecular weight is 558 g/mol. The Morgan fingerprint density at radius 3 is 2.41 bits per heavy atom. The SMILES string of the molecule is COC(=O)CNC(=O)c1nc(C(F)(F)F)n2c1CN(C(=O)C[C@H](N)Cc1cc(F)c(F)cc1F)CC2.Cl. The molecular weight excluding hydrogens is 536 g/mol. The van der Waals surface area contributed by atoms with E-state index in [2.05, 4.69) is 15.0 Å². The van der Waals surface area contributed by atoms with Crippen LogP contribution < -0.4 is 11.1 Å². The fourth-order valence-corrected chi connectivity index (χ4v) is 3.72. The lowest BCUT2D eigenvalue weighted by Gasteiger charge is -2.30. The Morgan fingerprint density at radius 1 is 1.14 bits per heavy atom. The molecule has 0 saturated heterocycles. The van der Waals surface area contributed by atoms with E-state index in [4.69, 9.17) is 5.73 Å². The van der Waals surface area contributed by atoms with Gasteiger partial charge in [0.05, 0.1) is 19.3 Å². The van der Waals surface area contributed by atoms with E-state index in [0.717, 1.165) is 16.6 Å². The van der Waals surface area contributed by atoms with Gasteiger partial charge in [0.25, 0.3) is 5.91 Å². The van der Waals surface area contributed by atoms with Crippen molar-refractivity contribution in [1.82, 2.24) is 19.8 Å². The quantitative estimate of drug-likeness (QED) is 0.305. The van der Waals surface area contributed by atoms with Crippen LogP contribution in [0.2, 0.25) is 0 Å². The third-order valence-corrected chi connectivity index (χ3v) is 5.46. The van der Waals surface area contributed by atoms with Crippen molar-refractivity contribution < 1.29 is 45.5 Å². The van der Waals surface area contributed by atoms with Crippen LogP contribution in [0.25, 0.3) is 0 Å². The second-order valence-corrected chi connectivity index (χ2v) is 7.98. The first-order valence-electron chi connectivity index (χ1n) is 10.5. The van der Waals surface area contributed by atoms with Crippen molar-refractivity contribution in [3.05, 3.63) is 52.4 Å². The number of halogens is 7. The number of nitrogens with one attached hydrogen (secondary N) is 1. The second-order valence-electron chi connectivity index (χ2n) is 7.98. The molecular formula is C21H22ClF6N5O4. The van der Waals surface area contributed by atoms with Crippen molar-refractivity contribution in [1.29, 1.82) is 0 Å². The van der Waals surface area contributed by atoms with Gasteiger partial charge in [-0.25, -0.2) is 18.2 Å². The molecule has 0 radical (unpaired) electrons. The number of imidazole rings is 1. The molecule has 9 nitrogen and oxygen atoms in total. The molecule has 0 spiro atoms. The smallest absolute Gasteiger partial charge is 0.449 e. The Balaban J connectivity index is 0.00000481. The van der Waals surface area contributed by atoms with Gasteiger partial charge >= 0.3 is 12.1 Å². The molecule has 2 heterocycles. The maximum atomic E-state index is 13.9. The van der Waals surface area contributed by atoms with Crippen molar-refractivity contribution in [2.45, 2.75) is 38.1 Å². The Morgan fingerprint density at radius 2 is 1.78 bits per heavy atom. The first-order valence-corrected chi connectivity index (χ1v) is 10.5. The molecule has 0 aliphatic carbocycles. The molecule has 1 aromatic heterocycles. The fraction of sp³-hybridized carbons (Fsp3) is 0.429. The molecule has 2 aromatic rings. The van der Waals surface area contributed by atoms with Gasteiger partial charge in [-0.15, -0.1) is 12.4 Å². The molecule has 0 saturated carbocycles. The molecule has 1 aromatic carbocycles. The fourth-order valence-electron chi connectivity index (χ4n) is 3.72. The lowest BCUT2D eigenvalue weighted by atomic mass is 10.0. The number of rotatable bonds is 7. The summed E-state index contributed by atoms with van der Waals surface area (Å²) in [5.74, 6) is -7.56. The number of hydrogen-bond acceptors (Lipinski definition) is 6. The Bertz CT molecular complexity index is 1190. The first-order chi connectivity index (χ1) is 16.8. The van der Waals surface area contributed by atoms with Gasteiger partial charge in [-0.2, -0.15) is 13.2 Å². The van der Waals surface area contributed by atoms with Crippen molar-refractivity contribution in [3.63, 3.8) is 0 Å². The summed E-state index contributed by atoms with van der Waals surface area (Å²) >= 11 is 0. The largest absolute Gasteiger partial charge is 0.468 e. The van der Waals surface area contributed by atoms with Crippen molar-refractivity contribution >= 4 is 30.2 Å². The highest BCUT2D eigenvalue weighted by Crippen LogP contribution is 2.32. The second kappa shape index (κ2) is 11.8. The van der Waals surface area contributed by atoms with Gasteiger partial charge in [0.2, 0.25) is 11.7 Å². The van der Waals surface area contributed by atoms with Crippen LogP contribution in [-0.2, 0) is 40.0 Å². The molecule has 2 amide bonds. The van der Waals surface area contributed by atoms with Crippen LogP contribution in [-0.4, -0.2) is 58.5 Å². The molecule has 3 rings (SSSR count).